The van der Waals surface area contributed by atoms with Crippen molar-refractivity contribution in [3.8, 4) is 0 Å². The summed E-state index contributed by atoms with van der Waals surface area (Å²) < 4.78 is 30.4. The van der Waals surface area contributed by atoms with E-state index >= 15 is 0 Å². The number of esters is 1. The van der Waals surface area contributed by atoms with E-state index in [2.05, 4.69) is 9.46 Å². The first-order valence-electron chi connectivity index (χ1n) is 5.03. The molecule has 0 saturated heterocycles. The largest absolute Gasteiger partial charge is 0.468 e. The van der Waals surface area contributed by atoms with E-state index in [-0.39, 0.29) is 4.90 Å². The zero-order valence-electron chi connectivity index (χ0n) is 9.93. The maximum Gasteiger partial charge on any atom is 0.323 e. The minimum absolute atomic E-state index is 0.124. The van der Waals surface area contributed by atoms with E-state index in [1.54, 1.807) is 12.1 Å². The fraction of sp³-hybridized carbons (Fsp3) is 0.364. The Bertz CT molecular complexity index is 493. The predicted octanol–water partition coefficient (Wildman–Crippen LogP) is 0.835. The van der Waals surface area contributed by atoms with Crippen LogP contribution < -0.4 is 4.72 Å². The van der Waals surface area contributed by atoms with Gasteiger partial charge in [-0.15, -0.1) is 0 Å². The Hall–Kier alpha value is -1.40. The zero-order valence-corrected chi connectivity index (χ0v) is 10.7. The normalized spacial score (nSPS) is 13.1. The third-order valence-corrected chi connectivity index (χ3v) is 3.77. The second kappa shape index (κ2) is 5.29. The maximum atomic E-state index is 11.9. The molecule has 1 aromatic carbocycles. The second-order valence-electron chi connectivity index (χ2n) is 3.68. The second-order valence-corrected chi connectivity index (χ2v) is 5.39. The number of sulfonamides is 1. The van der Waals surface area contributed by atoms with Crippen LogP contribution in [0.1, 0.15) is 12.5 Å². The fourth-order valence-corrected chi connectivity index (χ4v) is 2.44. The Morgan fingerprint density at radius 3 is 2.29 bits per heavy atom. The van der Waals surface area contributed by atoms with Crippen molar-refractivity contribution < 1.29 is 17.9 Å². The molecule has 0 aromatic heterocycles. The average Bonchev–Trinajstić information content (AvgIpc) is 2.27. The van der Waals surface area contributed by atoms with E-state index in [0.29, 0.717) is 0 Å². The number of benzene rings is 1. The smallest absolute Gasteiger partial charge is 0.323 e. The number of aryl methyl sites for hydroxylation is 1. The average molecular weight is 257 g/mol. The van der Waals surface area contributed by atoms with Gasteiger partial charge in [-0.05, 0) is 26.0 Å². The molecular formula is C11H15NO4S. The van der Waals surface area contributed by atoms with Crippen molar-refractivity contribution in [1.82, 2.24) is 4.72 Å². The molecule has 1 N–H and O–H groups in total. The van der Waals surface area contributed by atoms with Crippen LogP contribution in [0.4, 0.5) is 0 Å². The monoisotopic (exact) mass is 257 g/mol. The first-order valence-corrected chi connectivity index (χ1v) is 6.52. The molecule has 1 aromatic rings. The van der Waals surface area contributed by atoms with Crippen molar-refractivity contribution in [2.75, 3.05) is 7.11 Å². The van der Waals surface area contributed by atoms with Gasteiger partial charge in [0.15, 0.2) is 0 Å². The molecule has 0 aliphatic heterocycles. The van der Waals surface area contributed by atoms with Crippen molar-refractivity contribution in [3.63, 3.8) is 0 Å². The number of nitrogens with one attached hydrogen (secondary N) is 1. The van der Waals surface area contributed by atoms with E-state index in [1.807, 2.05) is 6.92 Å². The summed E-state index contributed by atoms with van der Waals surface area (Å²) in [4.78, 5) is 11.2. The first-order chi connectivity index (χ1) is 7.86. The van der Waals surface area contributed by atoms with Gasteiger partial charge in [-0.2, -0.15) is 4.72 Å². The summed E-state index contributed by atoms with van der Waals surface area (Å²) in [6, 6.07) is 5.45. The maximum absolute atomic E-state index is 11.9. The fourth-order valence-electron chi connectivity index (χ4n) is 1.24. The molecule has 94 valence electrons. The molecule has 0 aliphatic carbocycles. The Balaban J connectivity index is 2.89. The third-order valence-electron chi connectivity index (χ3n) is 2.22. The summed E-state index contributed by atoms with van der Waals surface area (Å²) in [5.74, 6) is -0.624. The van der Waals surface area contributed by atoms with E-state index in [9.17, 15) is 13.2 Å². The molecule has 0 saturated carbocycles. The minimum Gasteiger partial charge on any atom is -0.468 e. The number of carbonyl (C=O) groups excluding carboxylic acids is 1. The molecule has 0 fully saturated rings. The lowest BCUT2D eigenvalue weighted by Gasteiger charge is -2.12. The highest BCUT2D eigenvalue weighted by Gasteiger charge is 2.22. The molecule has 5 nitrogen and oxygen atoms in total. The quantitative estimate of drug-likeness (QED) is 0.811. The lowest BCUT2D eigenvalue weighted by Crippen LogP contribution is -2.39. The van der Waals surface area contributed by atoms with Crippen LogP contribution in [0.2, 0.25) is 0 Å². The predicted molar refractivity (Wildman–Crippen MR) is 63.0 cm³/mol. The summed E-state index contributed by atoms with van der Waals surface area (Å²) in [7, 11) is -2.47. The van der Waals surface area contributed by atoms with Gasteiger partial charge in [0.1, 0.15) is 6.04 Å². The van der Waals surface area contributed by atoms with Crippen molar-refractivity contribution in [2.24, 2.45) is 0 Å². The molecular weight excluding hydrogens is 242 g/mol. The number of carbonyl (C=O) groups is 1. The van der Waals surface area contributed by atoms with Gasteiger partial charge in [0.2, 0.25) is 10.0 Å². The lowest BCUT2D eigenvalue weighted by atomic mass is 10.2. The molecule has 1 atom stereocenters. The van der Waals surface area contributed by atoms with Gasteiger partial charge >= 0.3 is 5.97 Å². The highest BCUT2D eigenvalue weighted by Crippen LogP contribution is 2.10. The van der Waals surface area contributed by atoms with Crippen molar-refractivity contribution in [3.05, 3.63) is 29.8 Å². The van der Waals surface area contributed by atoms with Crippen LogP contribution in [0.25, 0.3) is 0 Å². The molecule has 17 heavy (non-hydrogen) atoms. The molecule has 0 aliphatic rings. The summed E-state index contributed by atoms with van der Waals surface area (Å²) in [5.41, 5.74) is 0.963. The molecule has 6 heteroatoms. The summed E-state index contributed by atoms with van der Waals surface area (Å²) in [5, 5.41) is 0. The highest BCUT2D eigenvalue weighted by molar-refractivity contribution is 7.89. The highest BCUT2D eigenvalue weighted by atomic mass is 32.2. The molecule has 0 spiro atoms. The van der Waals surface area contributed by atoms with Crippen LogP contribution >= 0.6 is 0 Å². The topological polar surface area (TPSA) is 72.5 Å². The molecule has 0 amide bonds. The van der Waals surface area contributed by atoms with Gasteiger partial charge < -0.3 is 4.74 Å². The molecule has 0 heterocycles. The van der Waals surface area contributed by atoms with Crippen LogP contribution in [-0.2, 0) is 19.6 Å². The third kappa shape index (κ3) is 3.54. The number of methoxy groups -OCH3 is 1. The number of ether oxygens (including phenoxy) is 1. The van der Waals surface area contributed by atoms with Crippen LogP contribution in [-0.4, -0.2) is 27.5 Å². The van der Waals surface area contributed by atoms with Crippen LogP contribution in [0.5, 0.6) is 0 Å². The Labute approximate surface area is 101 Å². The van der Waals surface area contributed by atoms with Crippen molar-refractivity contribution in [2.45, 2.75) is 24.8 Å². The van der Waals surface area contributed by atoms with Gasteiger partial charge in [0.05, 0.1) is 12.0 Å². The standard InChI is InChI=1S/C11H15NO4S/c1-8-4-6-10(7-5-8)17(14,15)12-9(2)11(13)16-3/h4-7,9,12H,1-3H3. The van der Waals surface area contributed by atoms with Gasteiger partial charge in [-0.3, -0.25) is 4.79 Å². The van der Waals surface area contributed by atoms with Crippen molar-refractivity contribution >= 4 is 16.0 Å². The molecule has 0 bridgehead atoms. The van der Waals surface area contributed by atoms with E-state index < -0.39 is 22.0 Å². The molecule has 0 radical (unpaired) electrons. The summed E-state index contributed by atoms with van der Waals surface area (Å²) in [6.07, 6.45) is 0. The molecule has 1 unspecified atom stereocenters. The Kier molecular flexibility index (Phi) is 4.25. The van der Waals surface area contributed by atoms with Gasteiger partial charge in [0, 0.05) is 0 Å². The zero-order chi connectivity index (χ0) is 13.1. The van der Waals surface area contributed by atoms with Crippen molar-refractivity contribution in [1.29, 1.82) is 0 Å². The number of rotatable bonds is 4. The summed E-state index contributed by atoms with van der Waals surface area (Å²) >= 11 is 0. The lowest BCUT2D eigenvalue weighted by molar-refractivity contribution is -0.142. The molecule has 1 rings (SSSR count). The number of hydrogen-bond acceptors (Lipinski definition) is 4. The summed E-state index contributed by atoms with van der Waals surface area (Å²) in [6.45, 7) is 3.29. The van der Waals surface area contributed by atoms with Crippen LogP contribution in [0, 0.1) is 6.92 Å². The van der Waals surface area contributed by atoms with E-state index in [0.717, 1.165) is 5.56 Å². The van der Waals surface area contributed by atoms with Crippen LogP contribution in [0.15, 0.2) is 29.2 Å². The van der Waals surface area contributed by atoms with E-state index in [4.69, 9.17) is 0 Å². The number of hydrogen-bond donors (Lipinski definition) is 1. The van der Waals surface area contributed by atoms with E-state index in [1.165, 1.54) is 26.2 Å². The SMILES string of the molecule is COC(=O)C(C)NS(=O)(=O)c1ccc(C)cc1. The van der Waals surface area contributed by atoms with Gasteiger partial charge in [-0.25, -0.2) is 8.42 Å². The minimum atomic E-state index is -3.68. The first kappa shape index (κ1) is 13.7. The Morgan fingerprint density at radius 1 is 1.29 bits per heavy atom. The van der Waals surface area contributed by atoms with Crippen LogP contribution in [0.3, 0.4) is 0 Å². The van der Waals surface area contributed by atoms with Gasteiger partial charge in [-0.1, -0.05) is 17.7 Å². The van der Waals surface area contributed by atoms with Gasteiger partial charge in [0.25, 0.3) is 0 Å². The Morgan fingerprint density at radius 2 is 1.82 bits per heavy atom.